The Hall–Kier alpha value is -2.63. The van der Waals surface area contributed by atoms with Crippen molar-refractivity contribution < 1.29 is 9.53 Å². The molecule has 114 valence electrons. The van der Waals surface area contributed by atoms with Gasteiger partial charge < -0.3 is 13.7 Å². The molecule has 0 saturated heterocycles. The zero-order valence-corrected chi connectivity index (χ0v) is 12.9. The Kier molecular flexibility index (Phi) is 3.66. The Bertz CT molecular complexity index is 817. The second-order valence-electron chi connectivity index (χ2n) is 5.44. The summed E-state index contributed by atoms with van der Waals surface area (Å²) in [6, 6.07) is 3.52. The fourth-order valence-electron chi connectivity index (χ4n) is 2.54. The summed E-state index contributed by atoms with van der Waals surface area (Å²) in [5.41, 5.74) is 1.94. The van der Waals surface area contributed by atoms with E-state index in [-0.39, 0.29) is 5.97 Å². The standard InChI is InChI=1S/C16H18N4O2/c1-11(2)14-17-6-8-20(14)10-12-9-19-7-4-5-13(15(19)18-12)16(21)22-3/h4-9,11H,10H2,1-3H3. The van der Waals surface area contributed by atoms with Gasteiger partial charge in [-0.1, -0.05) is 13.8 Å². The smallest absolute Gasteiger partial charge is 0.341 e. The van der Waals surface area contributed by atoms with E-state index in [0.717, 1.165) is 11.5 Å². The quantitative estimate of drug-likeness (QED) is 0.694. The van der Waals surface area contributed by atoms with Crippen LogP contribution in [0, 0.1) is 0 Å². The van der Waals surface area contributed by atoms with Crippen LogP contribution in [0.15, 0.2) is 36.9 Å². The number of hydrogen-bond donors (Lipinski definition) is 0. The molecule has 0 unspecified atom stereocenters. The molecular formula is C16H18N4O2. The fourth-order valence-corrected chi connectivity index (χ4v) is 2.54. The van der Waals surface area contributed by atoms with Gasteiger partial charge in [0.2, 0.25) is 0 Å². The lowest BCUT2D eigenvalue weighted by atomic mass is 10.2. The van der Waals surface area contributed by atoms with Crippen molar-refractivity contribution in [3.8, 4) is 0 Å². The van der Waals surface area contributed by atoms with Crippen molar-refractivity contribution >= 4 is 11.6 Å². The number of imidazole rings is 2. The summed E-state index contributed by atoms with van der Waals surface area (Å²) >= 11 is 0. The SMILES string of the molecule is COC(=O)c1cccn2cc(Cn3ccnc3C(C)C)nc12. The van der Waals surface area contributed by atoms with Crippen LogP contribution in [0.2, 0.25) is 0 Å². The van der Waals surface area contributed by atoms with Gasteiger partial charge >= 0.3 is 5.97 Å². The monoisotopic (exact) mass is 298 g/mol. The van der Waals surface area contributed by atoms with Crippen LogP contribution in [0.25, 0.3) is 5.65 Å². The van der Waals surface area contributed by atoms with E-state index in [4.69, 9.17) is 4.74 Å². The first-order valence-electron chi connectivity index (χ1n) is 7.16. The largest absolute Gasteiger partial charge is 0.465 e. The minimum atomic E-state index is -0.381. The summed E-state index contributed by atoms with van der Waals surface area (Å²) < 4.78 is 8.72. The second-order valence-corrected chi connectivity index (χ2v) is 5.44. The van der Waals surface area contributed by atoms with E-state index in [0.29, 0.717) is 23.7 Å². The van der Waals surface area contributed by atoms with E-state index in [1.165, 1.54) is 7.11 Å². The molecular weight excluding hydrogens is 280 g/mol. The van der Waals surface area contributed by atoms with Crippen LogP contribution >= 0.6 is 0 Å². The summed E-state index contributed by atoms with van der Waals surface area (Å²) in [5.74, 6) is 0.983. The maximum Gasteiger partial charge on any atom is 0.341 e. The molecule has 0 radical (unpaired) electrons. The van der Waals surface area contributed by atoms with Gasteiger partial charge in [-0.2, -0.15) is 0 Å². The first-order chi connectivity index (χ1) is 10.6. The Morgan fingerprint density at radius 3 is 2.91 bits per heavy atom. The number of esters is 1. The number of fused-ring (bicyclic) bond motifs is 1. The van der Waals surface area contributed by atoms with Gasteiger partial charge in [0.1, 0.15) is 11.4 Å². The van der Waals surface area contributed by atoms with E-state index in [2.05, 4.69) is 28.4 Å². The highest BCUT2D eigenvalue weighted by molar-refractivity contribution is 5.95. The Morgan fingerprint density at radius 2 is 2.18 bits per heavy atom. The van der Waals surface area contributed by atoms with E-state index < -0.39 is 0 Å². The molecule has 0 aliphatic carbocycles. The van der Waals surface area contributed by atoms with Crippen LogP contribution in [-0.2, 0) is 11.3 Å². The Labute approximate surface area is 128 Å². The van der Waals surface area contributed by atoms with Crippen molar-refractivity contribution in [2.75, 3.05) is 7.11 Å². The van der Waals surface area contributed by atoms with Gasteiger partial charge in [0.15, 0.2) is 5.65 Å². The van der Waals surface area contributed by atoms with Gasteiger partial charge in [-0.25, -0.2) is 14.8 Å². The average Bonchev–Trinajstić information content (AvgIpc) is 3.12. The van der Waals surface area contributed by atoms with Gasteiger partial charge in [-0.05, 0) is 12.1 Å². The van der Waals surface area contributed by atoms with Crippen LogP contribution in [-0.4, -0.2) is 32.0 Å². The van der Waals surface area contributed by atoms with Gasteiger partial charge in [-0.3, -0.25) is 0 Å². The van der Waals surface area contributed by atoms with E-state index in [1.807, 2.05) is 29.1 Å². The molecule has 6 nitrogen and oxygen atoms in total. The Balaban J connectivity index is 1.99. The minimum Gasteiger partial charge on any atom is -0.465 e. The van der Waals surface area contributed by atoms with Crippen LogP contribution in [0.3, 0.4) is 0 Å². The van der Waals surface area contributed by atoms with Gasteiger partial charge in [-0.15, -0.1) is 0 Å². The van der Waals surface area contributed by atoms with E-state index in [1.54, 1.807) is 12.3 Å². The summed E-state index contributed by atoms with van der Waals surface area (Å²) in [6.45, 7) is 4.84. The van der Waals surface area contributed by atoms with E-state index in [9.17, 15) is 4.79 Å². The number of aromatic nitrogens is 4. The van der Waals surface area contributed by atoms with Gasteiger partial charge in [0.05, 0.1) is 19.3 Å². The first-order valence-corrected chi connectivity index (χ1v) is 7.16. The van der Waals surface area contributed by atoms with Crippen molar-refractivity contribution in [3.05, 3.63) is 54.0 Å². The van der Waals surface area contributed by atoms with Crippen LogP contribution in [0.5, 0.6) is 0 Å². The maximum absolute atomic E-state index is 11.8. The van der Waals surface area contributed by atoms with Crippen molar-refractivity contribution in [2.24, 2.45) is 0 Å². The van der Waals surface area contributed by atoms with E-state index >= 15 is 0 Å². The molecule has 0 aliphatic rings. The molecule has 0 amide bonds. The first kappa shape index (κ1) is 14.3. The highest BCUT2D eigenvalue weighted by Crippen LogP contribution is 2.16. The number of nitrogens with zero attached hydrogens (tertiary/aromatic N) is 4. The number of pyridine rings is 1. The molecule has 3 aromatic rings. The molecule has 3 aromatic heterocycles. The van der Waals surface area contributed by atoms with Gasteiger partial charge in [0, 0.05) is 30.7 Å². The predicted molar refractivity (Wildman–Crippen MR) is 81.9 cm³/mol. The van der Waals surface area contributed by atoms with Crippen molar-refractivity contribution in [2.45, 2.75) is 26.3 Å². The van der Waals surface area contributed by atoms with Crippen LogP contribution in [0.4, 0.5) is 0 Å². The van der Waals surface area contributed by atoms with Crippen LogP contribution < -0.4 is 0 Å². The highest BCUT2D eigenvalue weighted by Gasteiger charge is 2.14. The molecule has 22 heavy (non-hydrogen) atoms. The molecule has 0 spiro atoms. The third-order valence-corrected chi connectivity index (χ3v) is 3.53. The molecule has 0 bridgehead atoms. The van der Waals surface area contributed by atoms with Crippen molar-refractivity contribution in [1.82, 2.24) is 18.9 Å². The van der Waals surface area contributed by atoms with Crippen LogP contribution in [0.1, 0.15) is 41.6 Å². The number of carbonyl (C=O) groups excluding carboxylic acids is 1. The summed E-state index contributed by atoms with van der Waals surface area (Å²) in [6.07, 6.45) is 7.53. The zero-order valence-electron chi connectivity index (χ0n) is 12.9. The fraction of sp³-hybridized carbons (Fsp3) is 0.312. The average molecular weight is 298 g/mol. The molecule has 0 fully saturated rings. The minimum absolute atomic E-state index is 0.345. The number of hydrogen-bond acceptors (Lipinski definition) is 4. The summed E-state index contributed by atoms with van der Waals surface area (Å²) in [5, 5.41) is 0. The number of ether oxygens (including phenoxy) is 1. The lowest BCUT2D eigenvalue weighted by Crippen LogP contribution is -2.06. The second kappa shape index (κ2) is 5.63. The topological polar surface area (TPSA) is 61.4 Å². The lowest BCUT2D eigenvalue weighted by molar-refractivity contribution is 0.0602. The van der Waals surface area contributed by atoms with Gasteiger partial charge in [0.25, 0.3) is 0 Å². The zero-order chi connectivity index (χ0) is 15.7. The number of rotatable bonds is 4. The molecule has 0 aromatic carbocycles. The number of methoxy groups -OCH3 is 1. The molecule has 3 heterocycles. The third kappa shape index (κ3) is 2.47. The molecule has 0 saturated carbocycles. The molecule has 0 N–H and O–H groups in total. The normalized spacial score (nSPS) is 11.3. The third-order valence-electron chi connectivity index (χ3n) is 3.53. The maximum atomic E-state index is 11.8. The van der Waals surface area contributed by atoms with Crippen molar-refractivity contribution in [3.63, 3.8) is 0 Å². The summed E-state index contributed by atoms with van der Waals surface area (Å²) in [7, 11) is 1.37. The lowest BCUT2D eigenvalue weighted by Gasteiger charge is -2.08. The summed E-state index contributed by atoms with van der Waals surface area (Å²) in [4.78, 5) is 20.8. The number of carbonyl (C=O) groups is 1. The molecule has 0 atom stereocenters. The molecule has 0 aliphatic heterocycles. The highest BCUT2D eigenvalue weighted by atomic mass is 16.5. The molecule has 3 rings (SSSR count). The Morgan fingerprint density at radius 1 is 1.36 bits per heavy atom. The van der Waals surface area contributed by atoms with Crippen molar-refractivity contribution in [1.29, 1.82) is 0 Å². The predicted octanol–water partition coefficient (Wildman–Crippen LogP) is 2.49. The molecule has 6 heteroatoms.